The van der Waals surface area contributed by atoms with E-state index in [1.54, 1.807) is 0 Å². The van der Waals surface area contributed by atoms with Gasteiger partial charge in [-0.3, -0.25) is 0 Å². The van der Waals surface area contributed by atoms with Gasteiger partial charge in [0.05, 0.1) is 0 Å². The maximum absolute atomic E-state index is 5.98. The van der Waals surface area contributed by atoms with Gasteiger partial charge < -0.3 is 0 Å². The molecule has 4 heteroatoms. The number of hydroxylamine groups is 4. The van der Waals surface area contributed by atoms with Gasteiger partial charge in [0.15, 0.2) is 0 Å². The summed E-state index contributed by atoms with van der Waals surface area (Å²) in [6.07, 6.45) is 7.00. The van der Waals surface area contributed by atoms with Crippen LogP contribution in [0.2, 0.25) is 0 Å². The van der Waals surface area contributed by atoms with Crippen LogP contribution in [-0.4, -0.2) is 32.3 Å². The Morgan fingerprint density at radius 3 is 0.955 bits per heavy atom. The van der Waals surface area contributed by atoms with Crippen LogP contribution in [0, 0.1) is 0 Å². The molecule has 2 saturated heterocycles. The van der Waals surface area contributed by atoms with E-state index in [2.05, 4.69) is 65.5 Å². The standard InChI is InChI=1S/C18H36N2O2/c1-15(2)11-9-12-16(3,4)19(15)21-22-20-17(5,6)13-10-14-18(20,7)8/h9-14H2,1-8H3. The van der Waals surface area contributed by atoms with Crippen LogP contribution in [0.1, 0.15) is 93.9 Å². The van der Waals surface area contributed by atoms with Crippen molar-refractivity contribution in [3.05, 3.63) is 0 Å². The predicted molar refractivity (Wildman–Crippen MR) is 89.9 cm³/mol. The molecule has 0 aromatic carbocycles. The molecule has 2 aliphatic heterocycles. The highest BCUT2D eigenvalue weighted by Crippen LogP contribution is 2.41. The van der Waals surface area contributed by atoms with E-state index in [9.17, 15) is 0 Å². The molecular formula is C18H36N2O2. The molecule has 0 saturated carbocycles. The normalized spacial score (nSPS) is 31.1. The van der Waals surface area contributed by atoms with Gasteiger partial charge in [-0.25, -0.2) is 0 Å². The molecule has 4 nitrogen and oxygen atoms in total. The van der Waals surface area contributed by atoms with E-state index in [-0.39, 0.29) is 22.2 Å². The summed E-state index contributed by atoms with van der Waals surface area (Å²) in [5.41, 5.74) is -0.0325. The van der Waals surface area contributed by atoms with Crippen molar-refractivity contribution < 1.29 is 9.98 Å². The molecule has 2 aliphatic rings. The second-order valence-electron chi connectivity index (χ2n) is 9.69. The molecule has 2 rings (SSSR count). The zero-order valence-electron chi connectivity index (χ0n) is 16.0. The second-order valence-corrected chi connectivity index (χ2v) is 9.69. The third-order valence-electron chi connectivity index (χ3n) is 5.54. The molecule has 0 aromatic rings. The van der Waals surface area contributed by atoms with Crippen molar-refractivity contribution >= 4 is 0 Å². The fraction of sp³-hybridized carbons (Fsp3) is 1.00. The Bertz CT molecular complexity index is 332. The minimum Gasteiger partial charge on any atom is -0.144 e. The summed E-state index contributed by atoms with van der Waals surface area (Å²) in [5.74, 6) is 0. The topological polar surface area (TPSA) is 24.9 Å². The molecule has 22 heavy (non-hydrogen) atoms. The van der Waals surface area contributed by atoms with Crippen LogP contribution in [0.3, 0.4) is 0 Å². The van der Waals surface area contributed by atoms with Gasteiger partial charge >= 0.3 is 0 Å². The van der Waals surface area contributed by atoms with Gasteiger partial charge in [-0.2, -0.15) is 0 Å². The Morgan fingerprint density at radius 1 is 0.500 bits per heavy atom. The van der Waals surface area contributed by atoms with Crippen LogP contribution >= 0.6 is 0 Å². The van der Waals surface area contributed by atoms with Gasteiger partial charge in [-0.05, 0) is 93.9 Å². The molecule has 2 fully saturated rings. The summed E-state index contributed by atoms with van der Waals surface area (Å²) in [6, 6.07) is 0. The first-order valence-electron chi connectivity index (χ1n) is 8.84. The van der Waals surface area contributed by atoms with E-state index >= 15 is 0 Å². The zero-order chi connectivity index (χ0) is 16.8. The highest BCUT2D eigenvalue weighted by molar-refractivity contribution is 4.94. The summed E-state index contributed by atoms with van der Waals surface area (Å²) in [4.78, 5) is 12.0. The molecule has 0 bridgehead atoms. The van der Waals surface area contributed by atoms with Gasteiger partial charge in [0.25, 0.3) is 0 Å². The molecule has 0 aliphatic carbocycles. The number of hydrogen-bond acceptors (Lipinski definition) is 4. The molecule has 2 heterocycles. The van der Waals surface area contributed by atoms with Crippen LogP contribution in [0.15, 0.2) is 0 Å². The molecule has 0 atom stereocenters. The monoisotopic (exact) mass is 312 g/mol. The van der Waals surface area contributed by atoms with Crippen molar-refractivity contribution in [2.24, 2.45) is 0 Å². The lowest BCUT2D eigenvalue weighted by Gasteiger charge is -2.53. The van der Waals surface area contributed by atoms with Crippen LogP contribution in [-0.2, 0) is 9.98 Å². The fourth-order valence-corrected chi connectivity index (χ4v) is 4.42. The Kier molecular flexibility index (Phi) is 4.73. The van der Waals surface area contributed by atoms with Crippen molar-refractivity contribution in [1.82, 2.24) is 10.1 Å². The van der Waals surface area contributed by atoms with Gasteiger partial charge in [-0.1, -0.05) is 0 Å². The van der Waals surface area contributed by atoms with Gasteiger partial charge in [0, 0.05) is 22.2 Å². The maximum atomic E-state index is 5.98. The minimum absolute atomic E-state index is 0.00811. The van der Waals surface area contributed by atoms with Crippen LogP contribution in [0.25, 0.3) is 0 Å². The van der Waals surface area contributed by atoms with Crippen molar-refractivity contribution in [1.29, 1.82) is 0 Å². The highest BCUT2D eigenvalue weighted by Gasteiger charge is 2.47. The molecular weight excluding hydrogens is 276 g/mol. The summed E-state index contributed by atoms with van der Waals surface area (Å²) >= 11 is 0. The lowest BCUT2D eigenvalue weighted by molar-refractivity contribution is -0.572. The highest BCUT2D eigenvalue weighted by atomic mass is 17.3. The molecule has 130 valence electrons. The van der Waals surface area contributed by atoms with E-state index in [1.807, 2.05) is 0 Å². The van der Waals surface area contributed by atoms with Crippen molar-refractivity contribution in [3.63, 3.8) is 0 Å². The molecule has 0 spiro atoms. The molecule has 0 aromatic heterocycles. The van der Waals surface area contributed by atoms with Crippen LogP contribution in [0.5, 0.6) is 0 Å². The third-order valence-corrected chi connectivity index (χ3v) is 5.54. The van der Waals surface area contributed by atoms with E-state index < -0.39 is 0 Å². The smallest absolute Gasteiger partial charge is 0.0443 e. The summed E-state index contributed by atoms with van der Waals surface area (Å²) in [5, 5.41) is 4.15. The predicted octanol–water partition coefficient (Wildman–Crippen LogP) is 4.85. The fourth-order valence-electron chi connectivity index (χ4n) is 4.42. The van der Waals surface area contributed by atoms with Gasteiger partial charge in [0.2, 0.25) is 0 Å². The molecule has 0 amide bonds. The largest absolute Gasteiger partial charge is 0.144 e. The number of rotatable bonds is 3. The van der Waals surface area contributed by atoms with Crippen LogP contribution < -0.4 is 0 Å². The van der Waals surface area contributed by atoms with E-state index in [4.69, 9.17) is 9.98 Å². The number of nitrogens with zero attached hydrogens (tertiary/aromatic N) is 2. The third kappa shape index (κ3) is 3.50. The lowest BCUT2D eigenvalue weighted by atomic mass is 9.82. The Morgan fingerprint density at radius 2 is 0.727 bits per heavy atom. The first-order chi connectivity index (χ1) is 9.89. The summed E-state index contributed by atoms with van der Waals surface area (Å²) in [7, 11) is 0. The Balaban J connectivity index is 2.12. The van der Waals surface area contributed by atoms with E-state index in [0.717, 1.165) is 25.7 Å². The van der Waals surface area contributed by atoms with Crippen LogP contribution in [0.4, 0.5) is 0 Å². The molecule has 0 unspecified atom stereocenters. The zero-order valence-corrected chi connectivity index (χ0v) is 16.0. The van der Waals surface area contributed by atoms with Gasteiger partial charge in [0.1, 0.15) is 0 Å². The first kappa shape index (κ1) is 18.2. The maximum Gasteiger partial charge on any atom is 0.0443 e. The Hall–Kier alpha value is -0.160. The van der Waals surface area contributed by atoms with Crippen molar-refractivity contribution in [2.75, 3.05) is 0 Å². The Labute approximate surface area is 137 Å². The number of hydrogen-bond donors (Lipinski definition) is 0. The molecule has 0 radical (unpaired) electrons. The van der Waals surface area contributed by atoms with E-state index in [0.29, 0.717) is 0 Å². The quantitative estimate of drug-likeness (QED) is 0.549. The number of piperidine rings is 2. The molecule has 0 N–H and O–H groups in total. The summed E-state index contributed by atoms with van der Waals surface area (Å²) in [6.45, 7) is 17.9. The second kappa shape index (κ2) is 5.73. The SMILES string of the molecule is CC1(C)CCCC(C)(C)N1OON1C(C)(C)CCCC1(C)C. The average Bonchev–Trinajstić information content (AvgIpc) is 2.29. The minimum atomic E-state index is -0.00811. The summed E-state index contributed by atoms with van der Waals surface area (Å²) < 4.78 is 0. The lowest BCUT2D eigenvalue weighted by Crippen LogP contribution is -2.62. The van der Waals surface area contributed by atoms with E-state index in [1.165, 1.54) is 12.8 Å². The van der Waals surface area contributed by atoms with Crippen molar-refractivity contribution in [2.45, 2.75) is 116 Å². The van der Waals surface area contributed by atoms with Gasteiger partial charge in [-0.15, -0.1) is 20.1 Å². The first-order valence-corrected chi connectivity index (χ1v) is 8.84. The average molecular weight is 312 g/mol. The van der Waals surface area contributed by atoms with Crippen molar-refractivity contribution in [3.8, 4) is 0 Å².